The van der Waals surface area contributed by atoms with E-state index in [9.17, 15) is 14.4 Å². The van der Waals surface area contributed by atoms with E-state index in [0.29, 0.717) is 41.2 Å². The fourth-order valence-corrected chi connectivity index (χ4v) is 4.07. The van der Waals surface area contributed by atoms with Crippen LogP contribution in [0.3, 0.4) is 0 Å². The van der Waals surface area contributed by atoms with Crippen molar-refractivity contribution < 1.29 is 23.9 Å². The van der Waals surface area contributed by atoms with Crippen molar-refractivity contribution in [3.05, 3.63) is 64.7 Å². The fourth-order valence-electron chi connectivity index (χ4n) is 4.07. The zero-order valence-electron chi connectivity index (χ0n) is 17.8. The van der Waals surface area contributed by atoms with Crippen molar-refractivity contribution in [3.63, 3.8) is 0 Å². The highest BCUT2D eigenvalue weighted by atomic mass is 16.5. The molecule has 2 heterocycles. The Labute approximate surface area is 181 Å². The van der Waals surface area contributed by atoms with Crippen LogP contribution < -0.4 is 4.74 Å². The average molecular weight is 422 g/mol. The number of benzene rings is 2. The number of ether oxygens (including phenoxy) is 2. The summed E-state index contributed by atoms with van der Waals surface area (Å²) in [5, 5.41) is 0. The van der Waals surface area contributed by atoms with Gasteiger partial charge in [0.1, 0.15) is 5.75 Å². The summed E-state index contributed by atoms with van der Waals surface area (Å²) in [5.74, 6) is -0.336. The van der Waals surface area contributed by atoms with Gasteiger partial charge in [-0.25, -0.2) is 0 Å². The van der Waals surface area contributed by atoms with Crippen molar-refractivity contribution >= 4 is 17.7 Å². The van der Waals surface area contributed by atoms with E-state index in [-0.39, 0.29) is 30.4 Å². The molecule has 0 aromatic heterocycles. The number of hydrogen-bond acceptors (Lipinski definition) is 5. The van der Waals surface area contributed by atoms with E-state index in [1.54, 1.807) is 54.4 Å². The molecule has 1 saturated heterocycles. The third kappa shape index (κ3) is 4.18. The van der Waals surface area contributed by atoms with Gasteiger partial charge in [0.25, 0.3) is 17.7 Å². The van der Waals surface area contributed by atoms with Crippen LogP contribution in [0.5, 0.6) is 5.75 Å². The minimum atomic E-state index is -0.321. The van der Waals surface area contributed by atoms with Crippen LogP contribution >= 0.6 is 0 Å². The number of imide groups is 1. The van der Waals surface area contributed by atoms with E-state index in [2.05, 4.69) is 0 Å². The monoisotopic (exact) mass is 422 g/mol. The molecule has 7 heteroatoms. The number of hydrogen-bond donors (Lipinski definition) is 0. The van der Waals surface area contributed by atoms with E-state index in [4.69, 9.17) is 9.47 Å². The van der Waals surface area contributed by atoms with Crippen molar-refractivity contribution in [1.82, 2.24) is 9.80 Å². The van der Waals surface area contributed by atoms with Gasteiger partial charge in [0.05, 0.1) is 35.9 Å². The molecule has 0 bridgehead atoms. The van der Waals surface area contributed by atoms with Crippen LogP contribution in [0.15, 0.2) is 42.5 Å². The number of carbonyl (C=O) groups excluding carboxylic acids is 3. The van der Waals surface area contributed by atoms with Crippen molar-refractivity contribution in [2.24, 2.45) is 0 Å². The Balaban J connectivity index is 1.56. The molecule has 0 spiro atoms. The van der Waals surface area contributed by atoms with E-state index in [0.717, 1.165) is 19.4 Å². The molecule has 4 rings (SSSR count). The number of rotatable bonds is 7. The number of fused-ring (bicyclic) bond motifs is 1. The maximum absolute atomic E-state index is 13.2. The smallest absolute Gasteiger partial charge is 0.261 e. The highest BCUT2D eigenvalue weighted by Crippen LogP contribution is 2.27. The molecule has 2 aromatic carbocycles. The van der Waals surface area contributed by atoms with Crippen LogP contribution in [-0.4, -0.2) is 60.4 Å². The zero-order chi connectivity index (χ0) is 22.0. The molecular weight excluding hydrogens is 396 g/mol. The lowest BCUT2D eigenvalue weighted by Gasteiger charge is -2.23. The van der Waals surface area contributed by atoms with Gasteiger partial charge in [-0.15, -0.1) is 0 Å². The molecular formula is C24H26N2O5. The summed E-state index contributed by atoms with van der Waals surface area (Å²) in [6, 6.07) is 12.0. The molecule has 0 radical (unpaired) electrons. The van der Waals surface area contributed by atoms with E-state index >= 15 is 0 Å². The molecule has 162 valence electrons. The fraction of sp³-hybridized carbons (Fsp3) is 0.375. The zero-order valence-corrected chi connectivity index (χ0v) is 17.8. The second kappa shape index (κ2) is 8.89. The van der Waals surface area contributed by atoms with Crippen molar-refractivity contribution in [2.45, 2.75) is 32.4 Å². The summed E-state index contributed by atoms with van der Waals surface area (Å²) in [4.78, 5) is 41.4. The average Bonchev–Trinajstić information content (AvgIpc) is 3.37. The lowest BCUT2D eigenvalue weighted by molar-refractivity contribution is 0.0584. The van der Waals surface area contributed by atoms with Crippen molar-refractivity contribution in [2.75, 3.05) is 26.8 Å². The largest absolute Gasteiger partial charge is 0.493 e. The second-order valence-electron chi connectivity index (χ2n) is 7.83. The molecule has 2 aromatic rings. The lowest BCUT2D eigenvalue weighted by atomic mass is 10.1. The third-order valence-electron chi connectivity index (χ3n) is 5.64. The minimum Gasteiger partial charge on any atom is -0.493 e. The van der Waals surface area contributed by atoms with Gasteiger partial charge in [0.15, 0.2) is 0 Å². The highest BCUT2D eigenvalue weighted by molar-refractivity contribution is 6.21. The first-order chi connectivity index (χ1) is 15.0. The van der Waals surface area contributed by atoms with Crippen LogP contribution in [0, 0.1) is 0 Å². The van der Waals surface area contributed by atoms with Gasteiger partial charge in [-0.3, -0.25) is 19.3 Å². The van der Waals surface area contributed by atoms with E-state index < -0.39 is 0 Å². The Bertz CT molecular complexity index is 978. The van der Waals surface area contributed by atoms with Gasteiger partial charge in [0, 0.05) is 20.2 Å². The van der Waals surface area contributed by atoms with Crippen LogP contribution in [0.25, 0.3) is 0 Å². The molecule has 1 unspecified atom stereocenters. The first kappa shape index (κ1) is 21.1. The molecule has 1 fully saturated rings. The van der Waals surface area contributed by atoms with Crippen molar-refractivity contribution in [3.8, 4) is 5.75 Å². The van der Waals surface area contributed by atoms with Crippen molar-refractivity contribution in [1.29, 1.82) is 0 Å². The maximum atomic E-state index is 13.2. The van der Waals surface area contributed by atoms with Gasteiger partial charge in [0.2, 0.25) is 0 Å². The molecule has 1 atom stereocenters. The van der Waals surface area contributed by atoms with Crippen LogP contribution in [0.4, 0.5) is 0 Å². The minimum absolute atomic E-state index is 0.0472. The summed E-state index contributed by atoms with van der Waals surface area (Å²) < 4.78 is 11.3. The standard InChI is InChI=1S/C24H26N2O5/c1-3-30-21-11-10-16(13-20(21)22(27)25(2)15-17-7-6-12-31-17)14-26-23(28)18-8-4-5-9-19(18)24(26)29/h4-5,8-11,13,17H,3,6-7,12,14-15H2,1-2H3. The molecule has 0 N–H and O–H groups in total. The Morgan fingerprint density at radius 1 is 1.16 bits per heavy atom. The number of nitrogens with zero attached hydrogens (tertiary/aromatic N) is 2. The Morgan fingerprint density at radius 2 is 1.87 bits per heavy atom. The summed E-state index contributed by atoms with van der Waals surface area (Å²) in [6.07, 6.45) is 1.99. The van der Waals surface area contributed by atoms with E-state index in [1.807, 2.05) is 6.92 Å². The molecule has 2 aliphatic rings. The van der Waals surface area contributed by atoms with Gasteiger partial charge in [-0.1, -0.05) is 18.2 Å². The predicted octanol–water partition coefficient (Wildman–Crippen LogP) is 3.13. The highest BCUT2D eigenvalue weighted by Gasteiger charge is 2.35. The number of carbonyl (C=O) groups is 3. The number of amides is 3. The molecule has 0 aliphatic carbocycles. The van der Waals surface area contributed by atoms with Gasteiger partial charge in [-0.05, 0) is 49.6 Å². The summed E-state index contributed by atoms with van der Waals surface area (Å²) in [6.45, 7) is 3.61. The second-order valence-corrected chi connectivity index (χ2v) is 7.83. The Hall–Kier alpha value is -3.19. The number of likely N-dealkylation sites (N-methyl/N-ethyl adjacent to an activating group) is 1. The predicted molar refractivity (Wildman–Crippen MR) is 114 cm³/mol. The summed E-state index contributed by atoms with van der Waals surface area (Å²) in [5.41, 5.74) is 1.92. The quantitative estimate of drug-likeness (QED) is 0.641. The van der Waals surface area contributed by atoms with Crippen LogP contribution in [0.1, 0.15) is 56.4 Å². The summed E-state index contributed by atoms with van der Waals surface area (Å²) >= 11 is 0. The van der Waals surface area contributed by atoms with Gasteiger partial charge < -0.3 is 14.4 Å². The van der Waals surface area contributed by atoms with Gasteiger partial charge >= 0.3 is 0 Å². The Morgan fingerprint density at radius 3 is 2.48 bits per heavy atom. The third-order valence-corrected chi connectivity index (χ3v) is 5.64. The molecule has 2 aliphatic heterocycles. The Kier molecular flexibility index (Phi) is 6.04. The molecule has 3 amide bonds. The van der Waals surface area contributed by atoms with E-state index in [1.165, 1.54) is 4.90 Å². The summed E-state index contributed by atoms with van der Waals surface area (Å²) in [7, 11) is 1.75. The van der Waals surface area contributed by atoms with Crippen LogP contribution in [0.2, 0.25) is 0 Å². The lowest BCUT2D eigenvalue weighted by Crippen LogP contribution is -2.34. The maximum Gasteiger partial charge on any atom is 0.261 e. The van der Waals surface area contributed by atoms with Crippen LogP contribution in [-0.2, 0) is 11.3 Å². The molecule has 0 saturated carbocycles. The molecule has 7 nitrogen and oxygen atoms in total. The normalized spacial score (nSPS) is 17.7. The SMILES string of the molecule is CCOc1ccc(CN2C(=O)c3ccccc3C2=O)cc1C(=O)N(C)CC1CCCO1. The topological polar surface area (TPSA) is 76.2 Å². The van der Waals surface area contributed by atoms with Gasteiger partial charge in [-0.2, -0.15) is 0 Å². The first-order valence-electron chi connectivity index (χ1n) is 10.6. The molecule has 31 heavy (non-hydrogen) atoms. The first-order valence-corrected chi connectivity index (χ1v) is 10.6.